The van der Waals surface area contributed by atoms with Crippen LogP contribution in [0.25, 0.3) is 0 Å². The molecule has 0 saturated carbocycles. The standard InChI is InChI=1S/C14H18F4N2/c1-9(7-11-3-2-6-19-11)20-13-8-10(14(16,17)18)4-5-12(13)15/h4-5,8-9,11,19-20H,2-3,6-7H2,1H3. The lowest BCUT2D eigenvalue weighted by atomic mass is 10.1. The summed E-state index contributed by atoms with van der Waals surface area (Å²) in [5, 5.41) is 6.14. The second-order valence-corrected chi connectivity index (χ2v) is 5.27. The molecular formula is C14H18F4N2. The van der Waals surface area contributed by atoms with Gasteiger partial charge in [0.2, 0.25) is 0 Å². The van der Waals surface area contributed by atoms with E-state index in [-0.39, 0.29) is 11.7 Å². The Morgan fingerprint density at radius 1 is 1.40 bits per heavy atom. The van der Waals surface area contributed by atoms with Gasteiger partial charge in [-0.05, 0) is 50.9 Å². The first-order chi connectivity index (χ1) is 9.36. The van der Waals surface area contributed by atoms with Crippen molar-refractivity contribution >= 4 is 5.69 Å². The van der Waals surface area contributed by atoms with Crippen molar-refractivity contribution in [3.8, 4) is 0 Å². The highest BCUT2D eigenvalue weighted by molar-refractivity contribution is 5.48. The molecule has 112 valence electrons. The quantitative estimate of drug-likeness (QED) is 0.824. The van der Waals surface area contributed by atoms with Crippen LogP contribution >= 0.6 is 0 Å². The van der Waals surface area contributed by atoms with Crippen LogP contribution in [0.3, 0.4) is 0 Å². The fraction of sp³-hybridized carbons (Fsp3) is 0.571. The van der Waals surface area contributed by atoms with Crippen molar-refractivity contribution in [2.45, 2.75) is 44.4 Å². The highest BCUT2D eigenvalue weighted by Gasteiger charge is 2.31. The Kier molecular flexibility index (Phi) is 4.52. The number of rotatable bonds is 4. The maximum atomic E-state index is 13.6. The van der Waals surface area contributed by atoms with Crippen molar-refractivity contribution in [1.29, 1.82) is 0 Å². The van der Waals surface area contributed by atoms with Gasteiger partial charge < -0.3 is 10.6 Å². The van der Waals surface area contributed by atoms with E-state index in [0.717, 1.165) is 44.0 Å². The molecule has 0 aromatic heterocycles. The number of hydrogen-bond donors (Lipinski definition) is 2. The molecule has 2 rings (SSSR count). The Labute approximate surface area is 115 Å². The maximum absolute atomic E-state index is 13.6. The van der Waals surface area contributed by atoms with Crippen molar-refractivity contribution < 1.29 is 17.6 Å². The fourth-order valence-electron chi connectivity index (χ4n) is 2.52. The highest BCUT2D eigenvalue weighted by Crippen LogP contribution is 2.32. The highest BCUT2D eigenvalue weighted by atomic mass is 19.4. The second kappa shape index (κ2) is 5.99. The van der Waals surface area contributed by atoms with Crippen molar-refractivity contribution in [3.05, 3.63) is 29.6 Å². The molecule has 0 amide bonds. The molecule has 0 bridgehead atoms. The first-order valence-electron chi connectivity index (χ1n) is 6.73. The van der Waals surface area contributed by atoms with Crippen LogP contribution in [0, 0.1) is 5.82 Å². The third kappa shape index (κ3) is 3.85. The van der Waals surface area contributed by atoms with Gasteiger partial charge in [-0.3, -0.25) is 0 Å². The van der Waals surface area contributed by atoms with Crippen LogP contribution in [0.15, 0.2) is 18.2 Å². The second-order valence-electron chi connectivity index (χ2n) is 5.27. The summed E-state index contributed by atoms with van der Waals surface area (Å²) in [7, 11) is 0. The normalized spacial score (nSPS) is 20.9. The summed E-state index contributed by atoms with van der Waals surface area (Å²) in [6, 6.07) is 2.69. The van der Waals surface area contributed by atoms with E-state index in [2.05, 4.69) is 10.6 Å². The molecule has 2 nitrogen and oxygen atoms in total. The molecular weight excluding hydrogens is 272 g/mol. The predicted molar refractivity (Wildman–Crippen MR) is 70.1 cm³/mol. The lowest BCUT2D eigenvalue weighted by molar-refractivity contribution is -0.137. The fourth-order valence-corrected chi connectivity index (χ4v) is 2.52. The Morgan fingerprint density at radius 3 is 2.75 bits per heavy atom. The van der Waals surface area contributed by atoms with Gasteiger partial charge in [0.05, 0.1) is 11.3 Å². The molecule has 0 spiro atoms. The SMILES string of the molecule is CC(CC1CCCN1)Nc1cc(C(F)(F)F)ccc1F. The van der Waals surface area contributed by atoms with Gasteiger partial charge >= 0.3 is 6.18 Å². The van der Waals surface area contributed by atoms with Crippen LogP contribution in [-0.4, -0.2) is 18.6 Å². The molecule has 2 atom stereocenters. The van der Waals surface area contributed by atoms with Gasteiger partial charge in [0.1, 0.15) is 5.82 Å². The monoisotopic (exact) mass is 290 g/mol. The smallest absolute Gasteiger partial charge is 0.380 e. The first-order valence-corrected chi connectivity index (χ1v) is 6.73. The minimum atomic E-state index is -4.46. The largest absolute Gasteiger partial charge is 0.416 e. The lowest BCUT2D eigenvalue weighted by Crippen LogP contribution is -2.29. The zero-order chi connectivity index (χ0) is 14.8. The topological polar surface area (TPSA) is 24.1 Å². The van der Waals surface area contributed by atoms with E-state index >= 15 is 0 Å². The Morgan fingerprint density at radius 2 is 2.15 bits per heavy atom. The number of hydrogen-bond acceptors (Lipinski definition) is 2. The predicted octanol–water partition coefficient (Wildman–Crippen LogP) is 3.79. The van der Waals surface area contributed by atoms with Gasteiger partial charge in [0.15, 0.2) is 0 Å². The first kappa shape index (κ1) is 15.1. The number of nitrogens with one attached hydrogen (secondary N) is 2. The Balaban J connectivity index is 2.03. The van der Waals surface area contributed by atoms with Gasteiger partial charge in [-0.1, -0.05) is 0 Å². The molecule has 1 aromatic carbocycles. The average Bonchev–Trinajstić information content (AvgIpc) is 2.83. The van der Waals surface area contributed by atoms with Crippen molar-refractivity contribution in [3.63, 3.8) is 0 Å². The summed E-state index contributed by atoms with van der Waals surface area (Å²) >= 11 is 0. The Bertz CT molecular complexity index is 453. The lowest BCUT2D eigenvalue weighted by Gasteiger charge is -2.20. The number of alkyl halides is 3. The van der Waals surface area contributed by atoms with Crippen molar-refractivity contribution in [2.75, 3.05) is 11.9 Å². The summed E-state index contributed by atoms with van der Waals surface area (Å²) in [5.41, 5.74) is -0.932. The summed E-state index contributed by atoms with van der Waals surface area (Å²) in [6.07, 6.45) is -1.54. The van der Waals surface area contributed by atoms with Crippen LogP contribution in [-0.2, 0) is 6.18 Å². The van der Waals surface area contributed by atoms with Gasteiger partial charge in [-0.2, -0.15) is 13.2 Å². The van der Waals surface area contributed by atoms with E-state index < -0.39 is 17.6 Å². The van der Waals surface area contributed by atoms with E-state index in [1.807, 2.05) is 6.92 Å². The zero-order valence-corrected chi connectivity index (χ0v) is 11.2. The Hall–Kier alpha value is -1.30. The molecule has 20 heavy (non-hydrogen) atoms. The molecule has 6 heteroatoms. The molecule has 0 aliphatic carbocycles. The number of halogens is 4. The van der Waals surface area contributed by atoms with Gasteiger partial charge in [-0.15, -0.1) is 0 Å². The molecule has 1 fully saturated rings. The van der Waals surface area contributed by atoms with Crippen molar-refractivity contribution in [2.24, 2.45) is 0 Å². The zero-order valence-electron chi connectivity index (χ0n) is 11.2. The molecule has 1 aromatic rings. The van der Waals surface area contributed by atoms with Crippen LogP contribution in [0.1, 0.15) is 31.7 Å². The summed E-state index contributed by atoms with van der Waals surface area (Å²) in [6.45, 7) is 2.81. The van der Waals surface area contributed by atoms with E-state index in [1.54, 1.807) is 0 Å². The average molecular weight is 290 g/mol. The van der Waals surface area contributed by atoms with E-state index in [9.17, 15) is 17.6 Å². The summed E-state index contributed by atoms with van der Waals surface area (Å²) in [4.78, 5) is 0. The molecule has 1 heterocycles. The molecule has 2 unspecified atom stereocenters. The third-order valence-corrected chi connectivity index (χ3v) is 3.50. The maximum Gasteiger partial charge on any atom is 0.416 e. The number of benzene rings is 1. The molecule has 1 aliphatic heterocycles. The molecule has 2 N–H and O–H groups in total. The van der Waals surface area contributed by atoms with E-state index in [0.29, 0.717) is 6.04 Å². The van der Waals surface area contributed by atoms with Crippen molar-refractivity contribution in [1.82, 2.24) is 5.32 Å². The summed E-state index contributed by atoms with van der Waals surface area (Å²) in [5.74, 6) is -0.663. The van der Waals surface area contributed by atoms with E-state index in [1.165, 1.54) is 0 Å². The van der Waals surface area contributed by atoms with Crippen LogP contribution in [0.2, 0.25) is 0 Å². The molecule has 1 aliphatic rings. The number of anilines is 1. The summed E-state index contributed by atoms with van der Waals surface area (Å²) < 4.78 is 51.4. The minimum Gasteiger partial charge on any atom is -0.380 e. The van der Waals surface area contributed by atoms with Gasteiger partial charge in [0, 0.05) is 12.1 Å². The molecule has 1 saturated heterocycles. The molecule has 0 radical (unpaired) electrons. The van der Waals surface area contributed by atoms with Crippen LogP contribution in [0.4, 0.5) is 23.2 Å². The third-order valence-electron chi connectivity index (χ3n) is 3.50. The van der Waals surface area contributed by atoms with Gasteiger partial charge in [0.25, 0.3) is 0 Å². The van der Waals surface area contributed by atoms with Gasteiger partial charge in [-0.25, -0.2) is 4.39 Å². The van der Waals surface area contributed by atoms with E-state index in [4.69, 9.17) is 0 Å². The minimum absolute atomic E-state index is 0.0923. The van der Waals surface area contributed by atoms with Crippen LogP contribution in [0.5, 0.6) is 0 Å². The van der Waals surface area contributed by atoms with Crippen LogP contribution < -0.4 is 10.6 Å².